The number of aryl methyl sites for hydroxylation is 4. The summed E-state index contributed by atoms with van der Waals surface area (Å²) >= 11 is 0. The molecule has 2 aliphatic carbocycles. The van der Waals surface area contributed by atoms with Gasteiger partial charge in [0.15, 0.2) is 28.9 Å². The summed E-state index contributed by atoms with van der Waals surface area (Å²) in [5, 5.41) is 49.0. The number of hydrogen-bond donors (Lipinski definition) is 5. The summed E-state index contributed by atoms with van der Waals surface area (Å²) in [6.45, 7) is 31.8. The second-order valence-corrected chi connectivity index (χ2v) is 34.7. The van der Waals surface area contributed by atoms with E-state index in [0.29, 0.717) is 0 Å². The average molecular weight is 2800 g/mol. The van der Waals surface area contributed by atoms with Gasteiger partial charge in [0, 0.05) is 155 Å². The monoisotopic (exact) mass is 2800 g/mol. The summed E-state index contributed by atoms with van der Waals surface area (Å²) in [7, 11) is 0. The third-order valence-electron chi connectivity index (χ3n) is 22.1. The third-order valence-corrected chi connectivity index (χ3v) is 22.1. The van der Waals surface area contributed by atoms with Gasteiger partial charge in [0.1, 0.15) is 0 Å². The predicted molar refractivity (Wildman–Crippen MR) is 567 cm³/mol. The number of aliphatic hydroxyl groups excluding tert-OH is 5. The molecular formula is C124H116Ir5N5O10-5. The van der Waals surface area contributed by atoms with Gasteiger partial charge in [-0.1, -0.05) is 295 Å². The number of carbonyl (C=O) groups excluding carboxylic acids is 5. The van der Waals surface area contributed by atoms with Crippen LogP contribution in [-0.4, -0.2) is 79.4 Å². The maximum Gasteiger partial charge on any atom is 0.155 e. The molecule has 19 rings (SSSR count). The standard InChI is InChI=1S/C24H18N.C23H18N.C20H16N.C17H14N.C15H10N.5C5H8O2.5Ir/c1-24(2)21-10-6-5-9-19(21)20-12-11-17(13-22(20)24)23-14-16-7-3-4-8-18(16)15-25-23;1-16-12-13-19(14-17(16)2)23-15-21(18-8-4-3-5-9-18)20-10-6-7-11-22(20)24-23;1-20(2)17-8-4-3-7-15(17)16-11-10-14(13-18(16)20)19-9-5-6-12-21-19;1-12-9-13(2)11-15(10-12)17-8-7-14-5-3-4-6-16(14)18-17;1-2-8-13-12(6-1)7-5-9-14(13)15-10-3-4-11-16-15;5*1-4(6)3-5(2)7;;;;;/h3-10,12-15H,1-2H3;3-13,15H,1-2H3;3-9,11-13H,1-2H3;3-10H,1-2H3;1-8,10-11H;5*3,6H,1-2H3;;;;;/q5*-1;;;;;;;;;;. The topological polar surface area (TPSA) is 251 Å². The quantitative estimate of drug-likeness (QED) is 0.0459. The molecule has 0 spiro atoms. The summed E-state index contributed by atoms with van der Waals surface area (Å²) in [5.41, 5.74) is 30.3. The van der Waals surface area contributed by atoms with E-state index in [1.54, 1.807) is 0 Å². The van der Waals surface area contributed by atoms with Gasteiger partial charge in [-0.2, -0.15) is 0 Å². The first-order valence-electron chi connectivity index (χ1n) is 45.5. The van der Waals surface area contributed by atoms with Crippen molar-refractivity contribution >= 4 is 72.3 Å². The van der Waals surface area contributed by atoms with E-state index in [2.05, 4.69) is 307 Å². The minimum absolute atomic E-state index is 0. The summed E-state index contributed by atoms with van der Waals surface area (Å²) in [4.78, 5) is 73.1. The van der Waals surface area contributed by atoms with E-state index < -0.39 is 0 Å². The third kappa shape index (κ3) is 35.4. The van der Waals surface area contributed by atoms with Crippen LogP contribution in [0, 0.1) is 58.0 Å². The van der Waals surface area contributed by atoms with Crippen LogP contribution in [0.25, 0.3) is 133 Å². The van der Waals surface area contributed by atoms with Crippen molar-refractivity contribution in [1.82, 2.24) is 24.9 Å². The molecule has 17 aromatic rings. The number of hydrogen-bond acceptors (Lipinski definition) is 15. The fourth-order valence-electron chi connectivity index (χ4n) is 15.9. The van der Waals surface area contributed by atoms with Crippen molar-refractivity contribution in [3.8, 4) is 89.7 Å². The van der Waals surface area contributed by atoms with Gasteiger partial charge in [-0.3, -0.25) is 33.9 Å². The maximum absolute atomic E-state index is 10.0. The van der Waals surface area contributed by atoms with Crippen LogP contribution in [0.4, 0.5) is 0 Å². The van der Waals surface area contributed by atoms with Gasteiger partial charge in [-0.15, -0.1) is 158 Å². The molecule has 0 amide bonds. The van der Waals surface area contributed by atoms with Crippen molar-refractivity contribution in [2.45, 2.75) is 135 Å². The normalized spacial score (nSPS) is 11.7. The van der Waals surface area contributed by atoms with E-state index in [9.17, 15) is 24.0 Å². The number of allylic oxidation sites excluding steroid dienone is 10. The molecule has 0 fully saturated rings. The van der Waals surface area contributed by atoms with Gasteiger partial charge >= 0.3 is 0 Å². The molecule has 20 heteroatoms. The minimum Gasteiger partial charge on any atom is -0.512 e. The average Bonchev–Trinajstić information content (AvgIpc) is 1.58. The molecule has 15 nitrogen and oxygen atoms in total. The first-order chi connectivity index (χ1) is 66.3. The van der Waals surface area contributed by atoms with Crippen molar-refractivity contribution in [2.24, 2.45) is 0 Å². The van der Waals surface area contributed by atoms with Crippen LogP contribution < -0.4 is 0 Å². The molecule has 0 aliphatic heterocycles. The first kappa shape index (κ1) is 121. The Balaban J connectivity index is 0.000000292. The second-order valence-electron chi connectivity index (χ2n) is 34.7. The van der Waals surface area contributed by atoms with Crippen LogP contribution >= 0.6 is 0 Å². The molecule has 0 saturated heterocycles. The van der Waals surface area contributed by atoms with Gasteiger partial charge < -0.3 is 40.5 Å². The predicted octanol–water partition coefficient (Wildman–Crippen LogP) is 30.0. The second kappa shape index (κ2) is 58.5. The maximum atomic E-state index is 10.0. The molecule has 5 N–H and O–H groups in total. The number of para-hydroxylation sites is 2. The zero-order chi connectivity index (χ0) is 101. The van der Waals surface area contributed by atoms with Crippen molar-refractivity contribution in [2.75, 3.05) is 0 Å². The van der Waals surface area contributed by atoms with Crippen LogP contribution in [0.1, 0.15) is 141 Å². The van der Waals surface area contributed by atoms with Crippen LogP contribution in [0.5, 0.6) is 0 Å². The van der Waals surface area contributed by atoms with Crippen molar-refractivity contribution in [3.63, 3.8) is 0 Å². The van der Waals surface area contributed by atoms with E-state index in [4.69, 9.17) is 35.5 Å². The Morgan fingerprint density at radius 3 is 1.22 bits per heavy atom. The molecule has 0 unspecified atom stereocenters. The van der Waals surface area contributed by atoms with Crippen LogP contribution in [0.15, 0.2) is 375 Å². The molecule has 5 heterocycles. The number of ketones is 5. The number of pyridine rings is 5. The fourth-order valence-corrected chi connectivity index (χ4v) is 15.9. The number of carbonyl (C=O) groups is 5. The number of rotatable bonds is 11. The SMILES string of the molecule is CC(=O)C=C(C)O.CC(=O)C=C(C)O.CC(=O)C=C(C)O.CC(=O)C=C(C)O.CC(=O)C=C(C)O.CC1(C)c2ccccc2-c2c[c-]c(-c3cc4ccccc4cn3)cc21.CC1(C)c2ccccc2-c2c[c-]c(-c3ccccn3)cc21.Cc1[c-]c(-c2cc(-c3ccccc3)c3ccccc3n2)ccc1C.Cc1[c-]c(-c2ccc3ccccc3n2)cc(C)c1.[Ir].[Ir].[Ir].[Ir].[Ir].[c-]1ccc2ccccc2c1-c1ccccn1. The molecule has 0 bridgehead atoms. The van der Waals surface area contributed by atoms with E-state index >= 15 is 0 Å². The van der Waals surface area contributed by atoms with Gasteiger partial charge in [-0.25, -0.2) is 0 Å². The molecule has 5 aromatic heterocycles. The van der Waals surface area contributed by atoms with Gasteiger partial charge in [-0.05, 0) is 171 Å². The Hall–Kier alpha value is -13.3. The van der Waals surface area contributed by atoms with E-state index in [-0.39, 0.29) is 169 Å². The van der Waals surface area contributed by atoms with Crippen molar-refractivity contribution in [1.29, 1.82) is 0 Å². The molecule has 747 valence electrons. The molecular weight excluding hydrogens is 2680 g/mol. The van der Waals surface area contributed by atoms with E-state index in [1.165, 1.54) is 204 Å². The summed E-state index contributed by atoms with van der Waals surface area (Å²) < 4.78 is 0. The van der Waals surface area contributed by atoms with Gasteiger partial charge in [0.05, 0.1) is 39.8 Å². The molecule has 144 heavy (non-hydrogen) atoms. The zero-order valence-corrected chi connectivity index (χ0v) is 95.6. The number of aromatic nitrogens is 5. The summed E-state index contributed by atoms with van der Waals surface area (Å²) in [5.74, 6) is -0.312. The van der Waals surface area contributed by atoms with Crippen LogP contribution in [-0.2, 0) is 135 Å². The summed E-state index contributed by atoms with van der Waals surface area (Å²) in [6.07, 6.45) is 11.4. The van der Waals surface area contributed by atoms with Crippen LogP contribution in [0.3, 0.4) is 0 Å². The molecule has 2 aliphatic rings. The number of fused-ring (bicyclic) bond motifs is 10. The number of aliphatic hydroxyl groups is 5. The van der Waals surface area contributed by atoms with Gasteiger partial charge in [0.2, 0.25) is 0 Å². The minimum atomic E-state index is -0.125. The number of nitrogens with zero attached hydrogens (tertiary/aromatic N) is 5. The van der Waals surface area contributed by atoms with E-state index in [1.807, 2.05) is 110 Å². The zero-order valence-electron chi connectivity index (χ0n) is 83.6. The number of benzene rings is 12. The molecule has 0 saturated carbocycles. The molecule has 12 aromatic carbocycles. The van der Waals surface area contributed by atoms with Crippen LogP contribution in [0.2, 0.25) is 0 Å². The van der Waals surface area contributed by atoms with Crippen molar-refractivity contribution < 1.29 is 150 Å². The largest absolute Gasteiger partial charge is 0.512 e. The molecule has 5 radical (unpaired) electrons. The Bertz CT molecular complexity index is 7220. The smallest absolute Gasteiger partial charge is 0.155 e. The van der Waals surface area contributed by atoms with Gasteiger partial charge in [0.25, 0.3) is 0 Å². The Morgan fingerprint density at radius 2 is 0.736 bits per heavy atom. The summed E-state index contributed by atoms with van der Waals surface area (Å²) in [6, 6.07) is 120. The Kier molecular flexibility index (Phi) is 49.2. The Labute approximate surface area is 913 Å². The molecule has 0 atom stereocenters. The first-order valence-corrected chi connectivity index (χ1v) is 45.5. The Morgan fingerprint density at radius 1 is 0.306 bits per heavy atom. The van der Waals surface area contributed by atoms with E-state index in [0.717, 1.165) is 72.9 Å². The van der Waals surface area contributed by atoms with Crippen molar-refractivity contribution in [3.05, 3.63) is 450 Å². The fraction of sp³-hybridized carbons (Fsp3) is 0.161.